The molecular weight excluding hydrogens is 238 g/mol. The van der Waals surface area contributed by atoms with Gasteiger partial charge in [-0.25, -0.2) is 4.98 Å². The van der Waals surface area contributed by atoms with Crippen molar-refractivity contribution in [1.82, 2.24) is 14.5 Å². The Balaban J connectivity index is 2.23. The SMILES string of the molecule is CCCCN(C)Cc1nc2ccccc2n1CCO. The fourth-order valence-corrected chi connectivity index (χ4v) is 2.34. The molecule has 19 heavy (non-hydrogen) atoms. The number of aromatic nitrogens is 2. The maximum atomic E-state index is 9.24. The van der Waals surface area contributed by atoms with E-state index < -0.39 is 0 Å². The van der Waals surface area contributed by atoms with Crippen LogP contribution in [0.15, 0.2) is 24.3 Å². The number of aliphatic hydroxyl groups is 1. The van der Waals surface area contributed by atoms with E-state index in [4.69, 9.17) is 0 Å². The molecule has 4 nitrogen and oxygen atoms in total. The van der Waals surface area contributed by atoms with Crippen molar-refractivity contribution in [3.8, 4) is 0 Å². The number of hydrogen-bond acceptors (Lipinski definition) is 3. The third-order valence-electron chi connectivity index (χ3n) is 3.36. The highest BCUT2D eigenvalue weighted by Crippen LogP contribution is 2.17. The van der Waals surface area contributed by atoms with Gasteiger partial charge in [-0.3, -0.25) is 4.90 Å². The van der Waals surface area contributed by atoms with E-state index >= 15 is 0 Å². The smallest absolute Gasteiger partial charge is 0.124 e. The lowest BCUT2D eigenvalue weighted by Gasteiger charge is -2.16. The highest BCUT2D eigenvalue weighted by atomic mass is 16.3. The van der Waals surface area contributed by atoms with Gasteiger partial charge >= 0.3 is 0 Å². The van der Waals surface area contributed by atoms with Crippen LogP contribution in [0.1, 0.15) is 25.6 Å². The molecular formula is C15H23N3O. The molecule has 1 heterocycles. The molecule has 0 spiro atoms. The largest absolute Gasteiger partial charge is 0.395 e. The van der Waals surface area contributed by atoms with Crippen LogP contribution in [0, 0.1) is 0 Å². The number of hydrogen-bond donors (Lipinski definition) is 1. The third kappa shape index (κ3) is 3.33. The van der Waals surface area contributed by atoms with Crippen LogP contribution in [0.4, 0.5) is 0 Å². The molecule has 1 aromatic carbocycles. The Morgan fingerprint density at radius 3 is 2.84 bits per heavy atom. The normalized spacial score (nSPS) is 11.6. The topological polar surface area (TPSA) is 41.3 Å². The van der Waals surface area contributed by atoms with E-state index in [0.717, 1.165) is 29.9 Å². The van der Waals surface area contributed by atoms with Crippen LogP contribution < -0.4 is 0 Å². The fraction of sp³-hybridized carbons (Fsp3) is 0.533. The van der Waals surface area contributed by atoms with Crippen molar-refractivity contribution in [2.75, 3.05) is 20.2 Å². The summed E-state index contributed by atoms with van der Waals surface area (Å²) >= 11 is 0. The van der Waals surface area contributed by atoms with Crippen molar-refractivity contribution in [3.63, 3.8) is 0 Å². The molecule has 0 bridgehead atoms. The van der Waals surface area contributed by atoms with Crippen molar-refractivity contribution in [1.29, 1.82) is 0 Å². The van der Waals surface area contributed by atoms with Gasteiger partial charge in [-0.15, -0.1) is 0 Å². The van der Waals surface area contributed by atoms with Crippen molar-refractivity contribution < 1.29 is 5.11 Å². The van der Waals surface area contributed by atoms with Crippen LogP contribution in [0.3, 0.4) is 0 Å². The van der Waals surface area contributed by atoms with E-state index in [2.05, 4.69) is 34.5 Å². The summed E-state index contributed by atoms with van der Waals surface area (Å²) in [6.07, 6.45) is 2.41. The van der Waals surface area contributed by atoms with E-state index in [9.17, 15) is 5.11 Å². The minimum absolute atomic E-state index is 0.145. The second kappa shape index (κ2) is 6.68. The van der Waals surface area contributed by atoms with Crippen molar-refractivity contribution >= 4 is 11.0 Å². The van der Waals surface area contributed by atoms with E-state index in [1.807, 2.05) is 18.2 Å². The average Bonchev–Trinajstić information content (AvgIpc) is 2.75. The molecule has 0 radical (unpaired) electrons. The van der Waals surface area contributed by atoms with Crippen molar-refractivity contribution in [3.05, 3.63) is 30.1 Å². The Morgan fingerprint density at radius 1 is 1.32 bits per heavy atom. The molecule has 0 aliphatic heterocycles. The van der Waals surface area contributed by atoms with Crippen LogP contribution in [0.2, 0.25) is 0 Å². The van der Waals surface area contributed by atoms with Gasteiger partial charge in [-0.2, -0.15) is 0 Å². The van der Waals surface area contributed by atoms with Gasteiger partial charge in [0.15, 0.2) is 0 Å². The summed E-state index contributed by atoms with van der Waals surface area (Å²) in [7, 11) is 2.12. The lowest BCUT2D eigenvalue weighted by atomic mass is 10.3. The number of aliphatic hydroxyl groups excluding tert-OH is 1. The summed E-state index contributed by atoms with van der Waals surface area (Å²) in [6, 6.07) is 8.11. The highest BCUT2D eigenvalue weighted by molar-refractivity contribution is 5.75. The molecule has 2 rings (SSSR count). The minimum Gasteiger partial charge on any atom is -0.395 e. The highest BCUT2D eigenvalue weighted by Gasteiger charge is 2.11. The van der Waals surface area contributed by atoms with Gasteiger partial charge in [0.2, 0.25) is 0 Å². The number of benzene rings is 1. The van der Waals surface area contributed by atoms with Crippen LogP contribution in [-0.2, 0) is 13.1 Å². The first kappa shape index (κ1) is 14.0. The first-order valence-corrected chi connectivity index (χ1v) is 6.99. The van der Waals surface area contributed by atoms with Crippen LogP contribution in [0.5, 0.6) is 0 Å². The number of fused-ring (bicyclic) bond motifs is 1. The zero-order valence-electron chi connectivity index (χ0n) is 11.8. The van der Waals surface area contributed by atoms with Gasteiger partial charge in [0.25, 0.3) is 0 Å². The molecule has 0 aliphatic carbocycles. The molecule has 0 fully saturated rings. The van der Waals surface area contributed by atoms with Gasteiger partial charge in [-0.1, -0.05) is 25.5 Å². The van der Waals surface area contributed by atoms with Gasteiger partial charge in [-0.05, 0) is 32.1 Å². The van der Waals surface area contributed by atoms with E-state index in [0.29, 0.717) is 6.54 Å². The summed E-state index contributed by atoms with van der Waals surface area (Å²) in [5.41, 5.74) is 2.12. The van der Waals surface area contributed by atoms with E-state index in [-0.39, 0.29) is 6.61 Å². The first-order valence-electron chi connectivity index (χ1n) is 6.99. The molecule has 1 aromatic heterocycles. The van der Waals surface area contributed by atoms with Gasteiger partial charge in [0, 0.05) is 6.54 Å². The summed E-state index contributed by atoms with van der Waals surface area (Å²) in [5, 5.41) is 9.24. The Labute approximate surface area is 114 Å². The molecule has 0 saturated heterocycles. The molecule has 0 unspecified atom stereocenters. The number of nitrogens with zero attached hydrogens (tertiary/aromatic N) is 3. The molecule has 4 heteroatoms. The van der Waals surface area contributed by atoms with Gasteiger partial charge < -0.3 is 9.67 Å². The standard InChI is InChI=1S/C15H23N3O/c1-3-4-9-17(2)12-15-16-13-7-5-6-8-14(13)18(15)10-11-19/h5-8,19H,3-4,9-12H2,1-2H3. The molecule has 0 aliphatic rings. The monoisotopic (exact) mass is 261 g/mol. The first-order chi connectivity index (χ1) is 9.26. The zero-order valence-corrected chi connectivity index (χ0v) is 11.8. The molecule has 0 atom stereocenters. The predicted octanol–water partition coefficient (Wildman–Crippen LogP) is 2.26. The molecule has 2 aromatic rings. The zero-order chi connectivity index (χ0) is 13.7. The Morgan fingerprint density at radius 2 is 2.11 bits per heavy atom. The second-order valence-electron chi connectivity index (χ2n) is 4.98. The summed E-state index contributed by atoms with van der Waals surface area (Å²) in [6.45, 7) is 4.87. The summed E-state index contributed by atoms with van der Waals surface area (Å²) in [5.74, 6) is 1.04. The Bertz CT molecular complexity index is 521. The van der Waals surface area contributed by atoms with Crippen molar-refractivity contribution in [2.24, 2.45) is 0 Å². The maximum Gasteiger partial charge on any atom is 0.124 e. The van der Waals surface area contributed by atoms with E-state index in [1.54, 1.807) is 0 Å². The molecule has 0 saturated carbocycles. The minimum atomic E-state index is 0.145. The predicted molar refractivity (Wildman–Crippen MR) is 78.1 cm³/mol. The average molecular weight is 261 g/mol. The van der Waals surface area contributed by atoms with Crippen molar-refractivity contribution in [2.45, 2.75) is 32.9 Å². The third-order valence-corrected chi connectivity index (χ3v) is 3.36. The van der Waals surface area contributed by atoms with Crippen LogP contribution >= 0.6 is 0 Å². The maximum absolute atomic E-state index is 9.24. The number of imidazole rings is 1. The summed E-state index contributed by atoms with van der Waals surface area (Å²) in [4.78, 5) is 6.98. The van der Waals surface area contributed by atoms with Gasteiger partial charge in [0.1, 0.15) is 5.82 Å². The lowest BCUT2D eigenvalue weighted by molar-refractivity contribution is 0.267. The molecule has 104 valence electrons. The Kier molecular flexibility index (Phi) is 4.93. The number of para-hydroxylation sites is 2. The second-order valence-corrected chi connectivity index (χ2v) is 4.98. The van der Waals surface area contributed by atoms with Crippen LogP contribution in [-0.4, -0.2) is 39.8 Å². The van der Waals surface area contributed by atoms with Gasteiger partial charge in [0.05, 0.1) is 24.2 Å². The fourth-order valence-electron chi connectivity index (χ4n) is 2.34. The summed E-state index contributed by atoms with van der Waals surface area (Å²) < 4.78 is 2.12. The quantitative estimate of drug-likeness (QED) is 0.831. The van der Waals surface area contributed by atoms with Crippen LogP contribution in [0.25, 0.3) is 11.0 Å². The lowest BCUT2D eigenvalue weighted by Crippen LogP contribution is -2.22. The van der Waals surface area contributed by atoms with E-state index in [1.165, 1.54) is 12.8 Å². The number of unbranched alkanes of at least 4 members (excludes halogenated alkanes) is 1. The Hall–Kier alpha value is -1.39. The number of rotatable bonds is 7. The molecule has 1 N–H and O–H groups in total. The molecule has 0 amide bonds.